The smallest absolute Gasteiger partial charge is 0.416 e. The van der Waals surface area contributed by atoms with Crippen LogP contribution < -0.4 is 9.64 Å². The highest BCUT2D eigenvalue weighted by molar-refractivity contribution is 5.98. The molecule has 0 unspecified atom stereocenters. The number of anilines is 1. The molecule has 7 heteroatoms. The number of hydrogen-bond donors (Lipinski definition) is 0. The molecule has 1 aliphatic heterocycles. The van der Waals surface area contributed by atoms with E-state index in [9.17, 15) is 18.0 Å². The summed E-state index contributed by atoms with van der Waals surface area (Å²) in [6, 6.07) is 29.5. The highest BCUT2D eigenvalue weighted by Gasteiger charge is 2.32. The van der Waals surface area contributed by atoms with Crippen molar-refractivity contribution in [2.24, 2.45) is 0 Å². The molecule has 194 valence electrons. The number of carbonyl (C=O) groups is 1. The first-order valence-electron chi connectivity index (χ1n) is 12.5. The molecular formula is C31H27F3N2O2. The third-order valence-corrected chi connectivity index (χ3v) is 6.69. The second-order valence-corrected chi connectivity index (χ2v) is 9.26. The molecule has 1 saturated heterocycles. The quantitative estimate of drug-likeness (QED) is 0.206. The fourth-order valence-corrected chi connectivity index (χ4v) is 4.65. The number of rotatable bonds is 6. The van der Waals surface area contributed by atoms with E-state index in [1.165, 1.54) is 11.6 Å². The Morgan fingerprint density at radius 3 is 2.03 bits per heavy atom. The minimum atomic E-state index is -4.57. The zero-order valence-electron chi connectivity index (χ0n) is 20.7. The molecule has 0 atom stereocenters. The summed E-state index contributed by atoms with van der Waals surface area (Å²) in [5.74, 6) is -0.560. The average Bonchev–Trinajstić information content (AvgIpc) is 2.94. The molecule has 1 heterocycles. The van der Waals surface area contributed by atoms with Crippen LogP contribution in [0.2, 0.25) is 0 Å². The van der Waals surface area contributed by atoms with Crippen LogP contribution in [0.15, 0.2) is 103 Å². The van der Waals surface area contributed by atoms with Crippen molar-refractivity contribution in [1.82, 2.24) is 4.90 Å². The van der Waals surface area contributed by atoms with Gasteiger partial charge in [0.2, 0.25) is 0 Å². The van der Waals surface area contributed by atoms with Crippen molar-refractivity contribution in [3.05, 3.63) is 120 Å². The lowest BCUT2D eigenvalue weighted by molar-refractivity contribution is -0.137. The summed E-state index contributed by atoms with van der Waals surface area (Å²) < 4.78 is 45.7. The van der Waals surface area contributed by atoms with Crippen LogP contribution in [-0.4, -0.2) is 37.0 Å². The third kappa shape index (κ3) is 6.06. The van der Waals surface area contributed by atoms with Gasteiger partial charge >= 0.3 is 12.1 Å². The predicted octanol–water partition coefficient (Wildman–Crippen LogP) is 6.91. The number of halogens is 3. The number of ether oxygens (including phenoxy) is 1. The van der Waals surface area contributed by atoms with Crippen LogP contribution >= 0.6 is 0 Å². The van der Waals surface area contributed by atoms with Crippen molar-refractivity contribution < 1.29 is 22.7 Å². The third-order valence-electron chi connectivity index (χ3n) is 6.69. The summed E-state index contributed by atoms with van der Waals surface area (Å²) >= 11 is 0. The SMILES string of the molecule is O=C(Oc1ccc(N2CCN(Cc3ccccc3)CC2)cc1)c1cc(C(F)(F)F)ccc1-c1ccccc1. The molecule has 0 radical (unpaired) electrons. The summed E-state index contributed by atoms with van der Waals surface area (Å²) in [5.41, 5.74) is 2.29. The largest absolute Gasteiger partial charge is 0.423 e. The summed E-state index contributed by atoms with van der Waals surface area (Å²) in [7, 11) is 0. The molecule has 0 spiro atoms. The van der Waals surface area contributed by atoms with Crippen molar-refractivity contribution in [3.8, 4) is 16.9 Å². The predicted molar refractivity (Wildman–Crippen MR) is 142 cm³/mol. The molecule has 0 N–H and O–H groups in total. The molecule has 0 bridgehead atoms. The Morgan fingerprint density at radius 2 is 1.39 bits per heavy atom. The van der Waals surface area contributed by atoms with E-state index in [0.29, 0.717) is 11.1 Å². The number of nitrogens with zero attached hydrogens (tertiary/aromatic N) is 2. The number of hydrogen-bond acceptors (Lipinski definition) is 4. The van der Waals surface area contributed by atoms with E-state index in [-0.39, 0.29) is 11.3 Å². The lowest BCUT2D eigenvalue weighted by Gasteiger charge is -2.36. The van der Waals surface area contributed by atoms with Gasteiger partial charge < -0.3 is 9.64 Å². The molecule has 0 aromatic heterocycles. The monoisotopic (exact) mass is 516 g/mol. The Kier molecular flexibility index (Phi) is 7.47. The molecule has 4 aromatic carbocycles. The lowest BCUT2D eigenvalue weighted by Crippen LogP contribution is -2.45. The number of carbonyl (C=O) groups excluding carboxylic acids is 1. The van der Waals surface area contributed by atoms with Gasteiger partial charge in [0.15, 0.2) is 0 Å². The maximum atomic E-state index is 13.4. The van der Waals surface area contributed by atoms with Gasteiger partial charge in [-0.15, -0.1) is 0 Å². The van der Waals surface area contributed by atoms with Gasteiger partial charge in [-0.05, 0) is 53.1 Å². The number of piperazine rings is 1. The van der Waals surface area contributed by atoms with E-state index in [2.05, 4.69) is 34.1 Å². The fourth-order valence-electron chi connectivity index (χ4n) is 4.65. The molecule has 0 aliphatic carbocycles. The summed E-state index contributed by atoms with van der Waals surface area (Å²) in [4.78, 5) is 17.7. The Labute approximate surface area is 219 Å². The van der Waals surface area contributed by atoms with E-state index < -0.39 is 17.7 Å². The van der Waals surface area contributed by atoms with E-state index in [0.717, 1.165) is 50.5 Å². The van der Waals surface area contributed by atoms with Crippen LogP contribution in [0, 0.1) is 0 Å². The van der Waals surface area contributed by atoms with Gasteiger partial charge in [-0.25, -0.2) is 4.79 Å². The van der Waals surface area contributed by atoms with Gasteiger partial charge in [-0.1, -0.05) is 66.7 Å². The lowest BCUT2D eigenvalue weighted by atomic mass is 9.97. The fraction of sp³-hybridized carbons (Fsp3) is 0.194. The van der Waals surface area contributed by atoms with Gasteiger partial charge in [0, 0.05) is 38.4 Å². The molecule has 1 fully saturated rings. The first-order valence-corrected chi connectivity index (χ1v) is 12.5. The van der Waals surface area contributed by atoms with Crippen LogP contribution in [0.1, 0.15) is 21.5 Å². The van der Waals surface area contributed by atoms with Gasteiger partial charge in [-0.3, -0.25) is 4.90 Å². The molecule has 4 aromatic rings. The van der Waals surface area contributed by atoms with Gasteiger partial charge in [0.05, 0.1) is 11.1 Å². The zero-order valence-corrected chi connectivity index (χ0v) is 20.7. The maximum Gasteiger partial charge on any atom is 0.416 e. The van der Waals surface area contributed by atoms with Crippen molar-refractivity contribution in [2.45, 2.75) is 12.7 Å². The highest BCUT2D eigenvalue weighted by atomic mass is 19.4. The minimum Gasteiger partial charge on any atom is -0.423 e. The Balaban J connectivity index is 1.26. The maximum absolute atomic E-state index is 13.4. The average molecular weight is 517 g/mol. The Morgan fingerprint density at radius 1 is 0.763 bits per heavy atom. The van der Waals surface area contributed by atoms with Gasteiger partial charge in [-0.2, -0.15) is 13.2 Å². The van der Waals surface area contributed by atoms with E-state index in [1.54, 1.807) is 42.5 Å². The van der Waals surface area contributed by atoms with Crippen molar-refractivity contribution >= 4 is 11.7 Å². The summed E-state index contributed by atoms with van der Waals surface area (Å²) in [6.45, 7) is 4.53. The molecule has 4 nitrogen and oxygen atoms in total. The van der Waals surface area contributed by atoms with Crippen molar-refractivity contribution in [1.29, 1.82) is 0 Å². The standard InChI is InChI=1S/C31H27F3N2O2/c32-31(33,34)25-11-16-28(24-9-5-2-6-10-24)29(21-25)30(37)38-27-14-12-26(13-15-27)36-19-17-35(18-20-36)22-23-7-3-1-4-8-23/h1-16,21H,17-20,22H2. The van der Waals surface area contributed by atoms with Crippen LogP contribution in [0.3, 0.4) is 0 Å². The Hall–Kier alpha value is -4.10. The van der Waals surface area contributed by atoms with E-state index in [4.69, 9.17) is 4.74 Å². The molecule has 38 heavy (non-hydrogen) atoms. The van der Waals surface area contributed by atoms with Crippen molar-refractivity contribution in [2.75, 3.05) is 31.1 Å². The van der Waals surface area contributed by atoms with Crippen molar-refractivity contribution in [3.63, 3.8) is 0 Å². The van der Waals surface area contributed by atoms with Gasteiger partial charge in [0.25, 0.3) is 0 Å². The van der Waals surface area contributed by atoms with Crippen LogP contribution in [-0.2, 0) is 12.7 Å². The molecular weight excluding hydrogens is 489 g/mol. The molecule has 0 amide bonds. The molecule has 1 aliphatic rings. The zero-order chi connectivity index (χ0) is 26.5. The topological polar surface area (TPSA) is 32.8 Å². The Bertz CT molecular complexity index is 1370. The molecule has 0 saturated carbocycles. The first kappa shape index (κ1) is 25.5. The van der Waals surface area contributed by atoms with Crippen LogP contribution in [0.5, 0.6) is 5.75 Å². The minimum absolute atomic E-state index is 0.135. The first-order chi connectivity index (χ1) is 18.4. The van der Waals surface area contributed by atoms with E-state index in [1.807, 2.05) is 18.2 Å². The van der Waals surface area contributed by atoms with Gasteiger partial charge in [0.1, 0.15) is 5.75 Å². The number of alkyl halides is 3. The highest BCUT2D eigenvalue weighted by Crippen LogP contribution is 2.34. The second kappa shape index (κ2) is 11.1. The summed E-state index contributed by atoms with van der Waals surface area (Å²) in [5, 5.41) is 0. The van der Waals surface area contributed by atoms with E-state index >= 15 is 0 Å². The van der Waals surface area contributed by atoms with Crippen LogP contribution in [0.4, 0.5) is 18.9 Å². The van der Waals surface area contributed by atoms with Crippen LogP contribution in [0.25, 0.3) is 11.1 Å². The summed E-state index contributed by atoms with van der Waals surface area (Å²) in [6.07, 6.45) is -4.57. The normalized spacial score (nSPS) is 14.3. The molecule has 5 rings (SSSR count). The second-order valence-electron chi connectivity index (χ2n) is 9.26. The number of esters is 1. The number of benzene rings is 4.